The number of pyridine rings is 1. The lowest BCUT2D eigenvalue weighted by Crippen LogP contribution is -2.26. The molecule has 0 aliphatic heterocycles. The van der Waals surface area contributed by atoms with Gasteiger partial charge in [0.2, 0.25) is 0 Å². The predicted octanol–water partition coefficient (Wildman–Crippen LogP) is 5.48. The first-order valence-corrected chi connectivity index (χ1v) is 10.7. The maximum absolute atomic E-state index is 13.1. The number of hydrogen-bond acceptors (Lipinski definition) is 4. The van der Waals surface area contributed by atoms with Crippen molar-refractivity contribution in [2.24, 2.45) is 0 Å². The van der Waals surface area contributed by atoms with Crippen LogP contribution in [0.1, 0.15) is 28.4 Å². The zero-order valence-electron chi connectivity index (χ0n) is 18.3. The normalized spacial score (nSPS) is 10.7. The highest BCUT2D eigenvalue weighted by Crippen LogP contribution is 2.30. The maximum atomic E-state index is 13.1. The molecular formula is C27H26N2O3. The topological polar surface area (TPSA) is 51.7 Å². The molecule has 5 heteroatoms. The highest BCUT2D eigenvalue weighted by atomic mass is 16.5. The number of fused-ring (bicyclic) bond motifs is 1. The van der Waals surface area contributed by atoms with Crippen LogP contribution in [0.15, 0.2) is 85.2 Å². The summed E-state index contributed by atoms with van der Waals surface area (Å²) in [7, 11) is 1.81. The summed E-state index contributed by atoms with van der Waals surface area (Å²) in [5.41, 5.74) is 2.61. The molecular weight excluding hydrogens is 400 g/mol. The number of carbonyl (C=O) groups excluding carboxylic acids is 1. The van der Waals surface area contributed by atoms with Crippen LogP contribution < -0.4 is 9.47 Å². The number of aromatic nitrogens is 1. The van der Waals surface area contributed by atoms with E-state index in [0.29, 0.717) is 36.8 Å². The lowest BCUT2D eigenvalue weighted by atomic mass is 10.1. The molecule has 0 atom stereocenters. The van der Waals surface area contributed by atoms with Gasteiger partial charge in [0.1, 0.15) is 6.61 Å². The fourth-order valence-corrected chi connectivity index (χ4v) is 3.58. The summed E-state index contributed by atoms with van der Waals surface area (Å²) >= 11 is 0. The Kier molecular flexibility index (Phi) is 6.66. The van der Waals surface area contributed by atoms with E-state index in [0.717, 1.165) is 11.1 Å². The Morgan fingerprint density at radius 2 is 1.72 bits per heavy atom. The van der Waals surface area contributed by atoms with Gasteiger partial charge < -0.3 is 14.4 Å². The Hall–Kier alpha value is -3.86. The van der Waals surface area contributed by atoms with Crippen molar-refractivity contribution < 1.29 is 14.3 Å². The zero-order chi connectivity index (χ0) is 22.3. The van der Waals surface area contributed by atoms with Gasteiger partial charge in [0.05, 0.1) is 6.61 Å². The van der Waals surface area contributed by atoms with Crippen LogP contribution in [0.5, 0.6) is 11.5 Å². The van der Waals surface area contributed by atoms with Crippen LogP contribution in [-0.2, 0) is 13.2 Å². The van der Waals surface area contributed by atoms with E-state index in [9.17, 15) is 4.79 Å². The molecule has 0 N–H and O–H groups in total. The molecule has 0 spiro atoms. The first-order valence-electron chi connectivity index (χ1n) is 10.7. The lowest BCUT2D eigenvalue weighted by molar-refractivity contribution is 0.0784. The van der Waals surface area contributed by atoms with E-state index < -0.39 is 0 Å². The van der Waals surface area contributed by atoms with Gasteiger partial charge in [0.25, 0.3) is 5.91 Å². The molecule has 0 unspecified atom stereocenters. The second-order valence-electron chi connectivity index (χ2n) is 7.59. The molecule has 1 amide bonds. The van der Waals surface area contributed by atoms with Gasteiger partial charge in [0.15, 0.2) is 11.5 Å². The molecule has 0 fully saturated rings. The summed E-state index contributed by atoms with van der Waals surface area (Å²) in [5.74, 6) is 1.09. The van der Waals surface area contributed by atoms with Crippen LogP contribution in [0, 0.1) is 0 Å². The molecule has 4 aromatic rings. The van der Waals surface area contributed by atoms with Crippen molar-refractivity contribution in [1.29, 1.82) is 0 Å². The van der Waals surface area contributed by atoms with E-state index in [-0.39, 0.29) is 5.91 Å². The fourth-order valence-electron chi connectivity index (χ4n) is 3.58. The minimum absolute atomic E-state index is 0.0714. The third-order valence-electron chi connectivity index (χ3n) is 5.19. The number of benzene rings is 3. The SMILES string of the molecule is CCOc1cc(C(=O)N(C)Cc2ccc3ccccc3c2)ccc1OCc1cccnc1. The quantitative estimate of drug-likeness (QED) is 0.374. The molecule has 1 heterocycles. The van der Waals surface area contributed by atoms with Crippen LogP contribution in [0.2, 0.25) is 0 Å². The summed E-state index contributed by atoms with van der Waals surface area (Å²) in [4.78, 5) is 18.9. The van der Waals surface area contributed by atoms with Gasteiger partial charge in [-0.15, -0.1) is 0 Å². The molecule has 0 radical (unpaired) electrons. The molecule has 0 bridgehead atoms. The van der Waals surface area contributed by atoms with Crippen molar-refractivity contribution in [1.82, 2.24) is 9.88 Å². The molecule has 32 heavy (non-hydrogen) atoms. The third kappa shape index (κ3) is 5.06. The molecule has 0 aliphatic carbocycles. The van der Waals surface area contributed by atoms with Crippen LogP contribution in [-0.4, -0.2) is 29.4 Å². The van der Waals surface area contributed by atoms with E-state index in [4.69, 9.17) is 9.47 Å². The van der Waals surface area contributed by atoms with Gasteiger partial charge in [-0.1, -0.05) is 42.5 Å². The molecule has 3 aromatic carbocycles. The van der Waals surface area contributed by atoms with Crippen molar-refractivity contribution in [3.8, 4) is 11.5 Å². The van der Waals surface area contributed by atoms with Crippen molar-refractivity contribution >= 4 is 16.7 Å². The van der Waals surface area contributed by atoms with Crippen molar-refractivity contribution in [3.63, 3.8) is 0 Å². The average molecular weight is 427 g/mol. The Morgan fingerprint density at radius 3 is 2.50 bits per heavy atom. The third-order valence-corrected chi connectivity index (χ3v) is 5.19. The second kappa shape index (κ2) is 9.96. The Bertz CT molecular complexity index is 1210. The second-order valence-corrected chi connectivity index (χ2v) is 7.59. The summed E-state index contributed by atoms with van der Waals surface area (Å²) in [5, 5.41) is 2.35. The molecule has 0 saturated carbocycles. The summed E-state index contributed by atoms with van der Waals surface area (Å²) < 4.78 is 11.7. The maximum Gasteiger partial charge on any atom is 0.254 e. The Morgan fingerprint density at radius 1 is 0.875 bits per heavy atom. The first kappa shape index (κ1) is 21.4. The van der Waals surface area contributed by atoms with E-state index >= 15 is 0 Å². The van der Waals surface area contributed by atoms with Crippen molar-refractivity contribution in [2.45, 2.75) is 20.1 Å². The standard InChI is InChI=1S/C27H26N2O3/c1-3-31-26-16-24(12-13-25(26)32-19-21-7-6-14-28-17-21)27(30)29(2)18-20-10-11-22-8-4-5-9-23(22)15-20/h4-17H,3,18-19H2,1-2H3. The minimum Gasteiger partial charge on any atom is -0.490 e. The molecule has 162 valence electrons. The summed E-state index contributed by atoms with van der Waals surface area (Å²) in [6.45, 7) is 3.29. The number of hydrogen-bond donors (Lipinski definition) is 0. The van der Waals surface area contributed by atoms with E-state index in [1.54, 1.807) is 35.5 Å². The number of rotatable bonds is 8. The van der Waals surface area contributed by atoms with Gasteiger partial charge in [-0.05, 0) is 53.6 Å². The molecule has 5 nitrogen and oxygen atoms in total. The first-order chi connectivity index (χ1) is 15.6. The van der Waals surface area contributed by atoms with E-state index in [2.05, 4.69) is 35.3 Å². The number of carbonyl (C=O) groups is 1. The summed E-state index contributed by atoms with van der Waals surface area (Å²) in [6, 6.07) is 23.6. The number of amides is 1. The Balaban J connectivity index is 1.48. The molecule has 4 rings (SSSR count). The van der Waals surface area contributed by atoms with Gasteiger partial charge in [-0.3, -0.25) is 9.78 Å². The largest absolute Gasteiger partial charge is 0.490 e. The molecule has 0 aliphatic rings. The number of ether oxygens (including phenoxy) is 2. The van der Waals surface area contributed by atoms with Gasteiger partial charge >= 0.3 is 0 Å². The van der Waals surface area contributed by atoms with Crippen LogP contribution >= 0.6 is 0 Å². The molecule has 1 aromatic heterocycles. The van der Waals surface area contributed by atoms with Crippen LogP contribution in [0.25, 0.3) is 10.8 Å². The highest BCUT2D eigenvalue weighted by molar-refractivity contribution is 5.94. The van der Waals surface area contributed by atoms with Crippen LogP contribution in [0.4, 0.5) is 0 Å². The molecule has 0 saturated heterocycles. The fraction of sp³-hybridized carbons (Fsp3) is 0.185. The monoisotopic (exact) mass is 426 g/mol. The van der Waals surface area contributed by atoms with Gasteiger partial charge in [-0.2, -0.15) is 0 Å². The minimum atomic E-state index is -0.0714. The zero-order valence-corrected chi connectivity index (χ0v) is 18.3. The lowest BCUT2D eigenvalue weighted by Gasteiger charge is -2.19. The van der Waals surface area contributed by atoms with E-state index in [1.165, 1.54) is 10.8 Å². The average Bonchev–Trinajstić information content (AvgIpc) is 2.83. The van der Waals surface area contributed by atoms with Crippen molar-refractivity contribution in [2.75, 3.05) is 13.7 Å². The van der Waals surface area contributed by atoms with E-state index in [1.807, 2.05) is 38.2 Å². The van der Waals surface area contributed by atoms with Crippen molar-refractivity contribution in [3.05, 3.63) is 102 Å². The Labute approximate surface area is 188 Å². The number of nitrogens with zero attached hydrogens (tertiary/aromatic N) is 2. The van der Waals surface area contributed by atoms with Gasteiger partial charge in [-0.25, -0.2) is 0 Å². The van der Waals surface area contributed by atoms with Crippen LogP contribution in [0.3, 0.4) is 0 Å². The van der Waals surface area contributed by atoms with Gasteiger partial charge in [0, 0.05) is 37.1 Å². The smallest absolute Gasteiger partial charge is 0.254 e. The summed E-state index contributed by atoms with van der Waals surface area (Å²) in [6.07, 6.45) is 3.49. The highest BCUT2D eigenvalue weighted by Gasteiger charge is 2.16. The predicted molar refractivity (Wildman–Crippen MR) is 126 cm³/mol.